The van der Waals surface area contributed by atoms with E-state index >= 15 is 0 Å². The summed E-state index contributed by atoms with van der Waals surface area (Å²) < 4.78 is 5.76. The molecule has 0 spiro atoms. The molecule has 0 bridgehead atoms. The summed E-state index contributed by atoms with van der Waals surface area (Å²) in [7, 11) is 0. The number of hydrogen-bond donors (Lipinski definition) is 2. The van der Waals surface area contributed by atoms with Gasteiger partial charge in [0.2, 0.25) is 0 Å². The molecular formula is C13H19NO2. The van der Waals surface area contributed by atoms with E-state index < -0.39 is 0 Å². The van der Waals surface area contributed by atoms with E-state index in [0.29, 0.717) is 6.61 Å². The molecule has 1 aromatic rings. The molecule has 3 nitrogen and oxygen atoms in total. The number of nitrogens with one attached hydrogen (secondary N) is 1. The van der Waals surface area contributed by atoms with Gasteiger partial charge < -0.3 is 15.2 Å². The third-order valence-electron chi connectivity index (χ3n) is 2.89. The van der Waals surface area contributed by atoms with Crippen molar-refractivity contribution in [3.05, 3.63) is 23.8 Å². The lowest BCUT2D eigenvalue weighted by molar-refractivity contribution is 0.173. The highest BCUT2D eigenvalue weighted by atomic mass is 16.5. The Bertz CT molecular complexity index is 352. The number of aliphatic hydroxyl groups is 1. The number of rotatable bonds is 4. The quantitative estimate of drug-likeness (QED) is 0.817. The van der Waals surface area contributed by atoms with Gasteiger partial charge in [0.25, 0.3) is 0 Å². The molecule has 0 saturated heterocycles. The predicted octanol–water partition coefficient (Wildman–Crippen LogP) is 2.05. The maximum absolute atomic E-state index is 8.96. The number of benzene rings is 1. The van der Waals surface area contributed by atoms with Crippen LogP contribution in [0.3, 0.4) is 0 Å². The maximum Gasteiger partial charge on any atom is 0.124 e. The molecule has 0 aromatic heterocycles. The van der Waals surface area contributed by atoms with Crippen LogP contribution < -0.4 is 10.1 Å². The van der Waals surface area contributed by atoms with E-state index in [0.717, 1.165) is 25.1 Å². The van der Waals surface area contributed by atoms with Crippen molar-refractivity contribution in [2.45, 2.75) is 19.8 Å². The van der Waals surface area contributed by atoms with Gasteiger partial charge in [-0.15, -0.1) is 0 Å². The van der Waals surface area contributed by atoms with Crippen LogP contribution in [-0.2, 0) is 6.42 Å². The van der Waals surface area contributed by atoms with Crippen LogP contribution in [0.1, 0.15) is 18.9 Å². The molecule has 1 aliphatic rings. The number of aliphatic hydroxyl groups excluding tert-OH is 1. The maximum atomic E-state index is 8.96. The average Bonchev–Trinajstić information content (AvgIpc) is 2.35. The van der Waals surface area contributed by atoms with Crippen LogP contribution in [0.4, 0.5) is 5.69 Å². The van der Waals surface area contributed by atoms with E-state index in [9.17, 15) is 0 Å². The van der Waals surface area contributed by atoms with Crippen molar-refractivity contribution < 1.29 is 9.84 Å². The van der Waals surface area contributed by atoms with E-state index in [1.807, 2.05) is 19.1 Å². The highest BCUT2D eigenvalue weighted by Crippen LogP contribution is 2.30. The summed E-state index contributed by atoms with van der Waals surface area (Å²) in [4.78, 5) is 0. The Morgan fingerprint density at radius 1 is 1.50 bits per heavy atom. The third kappa shape index (κ3) is 2.47. The summed E-state index contributed by atoms with van der Waals surface area (Å²) in [6.45, 7) is 3.78. The second-order valence-corrected chi connectivity index (χ2v) is 4.41. The lowest BCUT2D eigenvalue weighted by atomic mass is 10.0. The van der Waals surface area contributed by atoms with Crippen molar-refractivity contribution in [1.29, 1.82) is 0 Å². The van der Waals surface area contributed by atoms with Crippen LogP contribution in [0.2, 0.25) is 0 Å². The fourth-order valence-corrected chi connectivity index (χ4v) is 1.90. The monoisotopic (exact) mass is 221 g/mol. The molecule has 2 rings (SSSR count). The van der Waals surface area contributed by atoms with E-state index in [1.165, 1.54) is 11.3 Å². The van der Waals surface area contributed by atoms with Gasteiger partial charge >= 0.3 is 0 Å². The van der Waals surface area contributed by atoms with Crippen molar-refractivity contribution in [1.82, 2.24) is 0 Å². The standard InChI is InChI=1S/C13H19NO2/c1-10(8-15)9-16-13-6-2-5-12-11(13)4-3-7-14-12/h2,5-6,10,14-15H,3-4,7-9H2,1H3. The summed E-state index contributed by atoms with van der Waals surface area (Å²) >= 11 is 0. The second kappa shape index (κ2) is 5.21. The highest BCUT2D eigenvalue weighted by molar-refractivity contribution is 5.59. The van der Waals surface area contributed by atoms with Crippen molar-refractivity contribution in [2.24, 2.45) is 5.92 Å². The van der Waals surface area contributed by atoms with Gasteiger partial charge in [0.1, 0.15) is 5.75 Å². The molecule has 1 aromatic carbocycles. The Morgan fingerprint density at radius 2 is 2.38 bits per heavy atom. The minimum absolute atomic E-state index is 0.174. The van der Waals surface area contributed by atoms with Gasteiger partial charge in [0.05, 0.1) is 6.61 Å². The van der Waals surface area contributed by atoms with Gasteiger partial charge in [-0.05, 0) is 25.0 Å². The lowest BCUT2D eigenvalue weighted by Gasteiger charge is -2.21. The predicted molar refractivity (Wildman–Crippen MR) is 65.0 cm³/mol. The molecule has 0 saturated carbocycles. The van der Waals surface area contributed by atoms with Crippen LogP contribution in [0, 0.1) is 5.92 Å². The summed E-state index contributed by atoms with van der Waals surface area (Å²) in [5, 5.41) is 12.3. The molecule has 0 radical (unpaired) electrons. The van der Waals surface area contributed by atoms with Crippen molar-refractivity contribution in [2.75, 3.05) is 25.1 Å². The molecule has 1 aliphatic heterocycles. The Balaban J connectivity index is 2.08. The van der Waals surface area contributed by atoms with Gasteiger partial charge in [-0.25, -0.2) is 0 Å². The minimum Gasteiger partial charge on any atom is -0.493 e. The molecule has 1 unspecified atom stereocenters. The Labute approximate surface area is 96.4 Å². The molecule has 0 amide bonds. The van der Waals surface area contributed by atoms with Gasteiger partial charge in [-0.1, -0.05) is 13.0 Å². The van der Waals surface area contributed by atoms with Crippen molar-refractivity contribution in [3.8, 4) is 5.75 Å². The number of fused-ring (bicyclic) bond motifs is 1. The fraction of sp³-hybridized carbons (Fsp3) is 0.538. The smallest absolute Gasteiger partial charge is 0.124 e. The first kappa shape index (κ1) is 11.3. The van der Waals surface area contributed by atoms with Gasteiger partial charge in [-0.2, -0.15) is 0 Å². The zero-order valence-corrected chi connectivity index (χ0v) is 9.70. The SMILES string of the molecule is CC(CO)COc1cccc2c1CCCN2. The Morgan fingerprint density at radius 3 is 3.19 bits per heavy atom. The van der Waals surface area contributed by atoms with Crippen molar-refractivity contribution >= 4 is 5.69 Å². The summed E-state index contributed by atoms with van der Waals surface area (Å²) in [5.41, 5.74) is 2.47. The molecule has 3 heteroatoms. The molecular weight excluding hydrogens is 202 g/mol. The number of anilines is 1. The Kier molecular flexibility index (Phi) is 3.67. The molecule has 2 N–H and O–H groups in total. The number of ether oxygens (including phenoxy) is 1. The molecule has 0 aliphatic carbocycles. The average molecular weight is 221 g/mol. The van der Waals surface area contributed by atoms with Crippen LogP contribution in [-0.4, -0.2) is 24.9 Å². The second-order valence-electron chi connectivity index (χ2n) is 4.41. The van der Waals surface area contributed by atoms with Gasteiger partial charge in [0, 0.05) is 30.3 Å². The zero-order chi connectivity index (χ0) is 11.4. The largest absolute Gasteiger partial charge is 0.493 e. The molecule has 88 valence electrons. The highest BCUT2D eigenvalue weighted by Gasteiger charge is 2.13. The first-order valence-electron chi connectivity index (χ1n) is 5.90. The lowest BCUT2D eigenvalue weighted by Crippen LogP contribution is -2.16. The number of hydrogen-bond acceptors (Lipinski definition) is 3. The zero-order valence-electron chi connectivity index (χ0n) is 9.70. The van der Waals surface area contributed by atoms with Crippen LogP contribution in [0.15, 0.2) is 18.2 Å². The molecule has 1 atom stereocenters. The molecule has 16 heavy (non-hydrogen) atoms. The van der Waals surface area contributed by atoms with E-state index in [1.54, 1.807) is 0 Å². The molecule has 1 heterocycles. The van der Waals surface area contributed by atoms with Crippen LogP contribution >= 0.6 is 0 Å². The minimum atomic E-state index is 0.174. The Hall–Kier alpha value is -1.22. The summed E-state index contributed by atoms with van der Waals surface area (Å²) in [6.07, 6.45) is 2.23. The van der Waals surface area contributed by atoms with Gasteiger partial charge in [0.15, 0.2) is 0 Å². The van der Waals surface area contributed by atoms with E-state index in [4.69, 9.17) is 9.84 Å². The summed E-state index contributed by atoms with van der Waals surface area (Å²) in [6, 6.07) is 6.11. The normalized spacial score (nSPS) is 16.1. The van der Waals surface area contributed by atoms with E-state index in [2.05, 4.69) is 11.4 Å². The first-order valence-corrected chi connectivity index (χ1v) is 5.90. The van der Waals surface area contributed by atoms with Crippen molar-refractivity contribution in [3.63, 3.8) is 0 Å². The summed E-state index contributed by atoms with van der Waals surface area (Å²) in [5.74, 6) is 1.15. The van der Waals surface area contributed by atoms with Crippen LogP contribution in [0.5, 0.6) is 5.75 Å². The van der Waals surface area contributed by atoms with Gasteiger partial charge in [-0.3, -0.25) is 0 Å². The fourth-order valence-electron chi connectivity index (χ4n) is 1.90. The topological polar surface area (TPSA) is 41.5 Å². The third-order valence-corrected chi connectivity index (χ3v) is 2.89. The van der Waals surface area contributed by atoms with E-state index in [-0.39, 0.29) is 12.5 Å². The molecule has 0 fully saturated rings. The van der Waals surface area contributed by atoms with Crippen LogP contribution in [0.25, 0.3) is 0 Å². The first-order chi connectivity index (χ1) is 7.81.